The molecule has 49 heavy (non-hydrogen) atoms. The Morgan fingerprint density at radius 3 is 1.22 bits per heavy atom. The largest absolute Gasteiger partial charge is 0.385 e. The van der Waals surface area contributed by atoms with Crippen LogP contribution in [0.5, 0.6) is 0 Å². The molecule has 0 aliphatic carbocycles. The number of likely N-dealkylation sites (N-methyl/N-ethyl adjacent to an activating group) is 2. The van der Waals surface area contributed by atoms with Crippen molar-refractivity contribution >= 4 is 0 Å². The van der Waals surface area contributed by atoms with Gasteiger partial charge in [-0.1, -0.05) is 6.42 Å². The van der Waals surface area contributed by atoms with Crippen LogP contribution in [0.4, 0.5) is 0 Å². The van der Waals surface area contributed by atoms with Crippen LogP contribution in [0.1, 0.15) is 25.7 Å². The van der Waals surface area contributed by atoms with Gasteiger partial charge in [0.25, 0.3) is 0 Å². The Morgan fingerprint density at radius 2 is 0.837 bits per heavy atom. The Hall–Kier alpha value is -0.520. The number of ether oxygens (including phenoxy) is 7. The average molecular weight is 709 g/mol. The maximum Gasteiger partial charge on any atom is 0.0594 e. The van der Waals surface area contributed by atoms with Crippen LogP contribution in [0.3, 0.4) is 0 Å². The predicted octanol–water partition coefficient (Wildman–Crippen LogP) is 1.51. The monoisotopic (exact) mass is 709 g/mol. The topological polar surface area (TPSA) is 84.1 Å². The lowest BCUT2D eigenvalue weighted by Gasteiger charge is -2.31. The molecule has 296 valence electrons. The van der Waals surface area contributed by atoms with Gasteiger partial charge in [0.2, 0.25) is 0 Å². The number of rotatable bonds is 16. The lowest BCUT2D eigenvalue weighted by Crippen LogP contribution is -2.45. The molecule has 4 heterocycles. The number of morpholine rings is 2. The summed E-state index contributed by atoms with van der Waals surface area (Å²) in [5.41, 5.74) is 0. The SMILES string of the molecule is COCCCN1CCOCC1.COCCN(C)C.COCCN1CCCCC1.COCCN1CCN(C)CC1.COCCN1CCOCC1. The molecule has 0 spiro atoms. The summed E-state index contributed by atoms with van der Waals surface area (Å²) in [4.78, 5) is 14.2. The third-order valence-electron chi connectivity index (χ3n) is 8.65. The van der Waals surface area contributed by atoms with Crippen LogP contribution < -0.4 is 0 Å². The Bertz CT molecular complexity index is 608. The Morgan fingerprint density at radius 1 is 0.449 bits per heavy atom. The fourth-order valence-corrected chi connectivity index (χ4v) is 5.27. The third-order valence-corrected chi connectivity index (χ3v) is 8.65. The van der Waals surface area contributed by atoms with Crippen molar-refractivity contribution < 1.29 is 33.2 Å². The Labute approximate surface area is 302 Å². The summed E-state index contributed by atoms with van der Waals surface area (Å²) in [5.74, 6) is 0. The maximum absolute atomic E-state index is 5.23. The molecule has 4 rings (SSSR count). The van der Waals surface area contributed by atoms with Crippen molar-refractivity contribution in [2.24, 2.45) is 0 Å². The summed E-state index contributed by atoms with van der Waals surface area (Å²) >= 11 is 0. The number of piperidine rings is 1. The van der Waals surface area contributed by atoms with Gasteiger partial charge >= 0.3 is 0 Å². The lowest BCUT2D eigenvalue weighted by atomic mass is 10.1. The molecule has 13 nitrogen and oxygen atoms in total. The average Bonchev–Trinajstić information content (AvgIpc) is 3.14. The molecule has 4 saturated heterocycles. The van der Waals surface area contributed by atoms with E-state index in [0.29, 0.717) is 0 Å². The predicted molar refractivity (Wildman–Crippen MR) is 201 cm³/mol. The lowest BCUT2D eigenvalue weighted by molar-refractivity contribution is 0.0263. The summed E-state index contributed by atoms with van der Waals surface area (Å²) < 4.78 is 35.2. The van der Waals surface area contributed by atoms with E-state index in [1.54, 1.807) is 35.5 Å². The van der Waals surface area contributed by atoms with Crippen molar-refractivity contribution in [3.63, 3.8) is 0 Å². The Kier molecular flexibility index (Phi) is 36.8. The number of likely N-dealkylation sites (tertiary alicyclic amines) is 1. The Balaban J connectivity index is 0.000000593. The molecule has 4 fully saturated rings. The van der Waals surface area contributed by atoms with Crippen LogP contribution >= 0.6 is 0 Å². The third kappa shape index (κ3) is 33.1. The van der Waals surface area contributed by atoms with E-state index < -0.39 is 0 Å². The van der Waals surface area contributed by atoms with Crippen LogP contribution in [0.25, 0.3) is 0 Å². The van der Waals surface area contributed by atoms with E-state index in [2.05, 4.69) is 36.4 Å². The zero-order valence-corrected chi connectivity index (χ0v) is 33.3. The van der Waals surface area contributed by atoms with E-state index in [-0.39, 0.29) is 0 Å². The quantitative estimate of drug-likeness (QED) is 0.218. The molecule has 4 aliphatic heterocycles. The summed E-state index contributed by atoms with van der Waals surface area (Å²) in [6.07, 6.45) is 5.31. The fourth-order valence-electron chi connectivity index (χ4n) is 5.27. The van der Waals surface area contributed by atoms with Crippen molar-refractivity contribution in [1.82, 2.24) is 29.4 Å². The standard InChI is InChI=1S/C8H18N2O.C8H17NO2.C8H17NO.C7H15NO2.C5H13NO/c1-9-3-5-10(6-4-9)7-8-11-2;1-10-6-2-3-9-4-7-11-8-5-9;1-10-8-7-9-5-3-2-4-6-9;1-9-5-2-8-3-6-10-7-4-8;1-6(2)4-5-7-3/h3-8H2,1-2H3;2-8H2,1H3;2-8H2,1H3;2-7H2,1H3;4-5H2,1-3H3. The number of hydrogen-bond donors (Lipinski definition) is 0. The summed E-state index contributed by atoms with van der Waals surface area (Å²) in [6.45, 7) is 24.9. The van der Waals surface area contributed by atoms with Gasteiger partial charge in [0, 0.05) is 127 Å². The number of nitrogens with zero attached hydrogens (tertiary/aromatic N) is 6. The van der Waals surface area contributed by atoms with E-state index in [9.17, 15) is 0 Å². The number of piperazine rings is 1. The van der Waals surface area contributed by atoms with E-state index in [1.807, 2.05) is 14.1 Å². The van der Waals surface area contributed by atoms with E-state index in [4.69, 9.17) is 33.2 Å². The van der Waals surface area contributed by atoms with E-state index in [0.717, 1.165) is 125 Å². The molecule has 4 aliphatic rings. The first kappa shape index (κ1) is 48.5. The molecular weight excluding hydrogens is 628 g/mol. The zero-order chi connectivity index (χ0) is 36.2. The van der Waals surface area contributed by atoms with Crippen LogP contribution in [0.15, 0.2) is 0 Å². The van der Waals surface area contributed by atoms with Crippen LogP contribution in [-0.4, -0.2) is 244 Å². The van der Waals surface area contributed by atoms with Crippen molar-refractivity contribution in [3.8, 4) is 0 Å². The van der Waals surface area contributed by atoms with Crippen LogP contribution in [0, 0.1) is 0 Å². The van der Waals surface area contributed by atoms with Gasteiger partial charge in [-0.15, -0.1) is 0 Å². The molecule has 0 N–H and O–H groups in total. The number of hydrogen-bond acceptors (Lipinski definition) is 13. The molecule has 0 atom stereocenters. The molecule has 13 heteroatoms. The van der Waals surface area contributed by atoms with Gasteiger partial charge in [-0.25, -0.2) is 0 Å². The number of methoxy groups -OCH3 is 5. The molecule has 0 radical (unpaired) electrons. The molecule has 0 unspecified atom stereocenters. The second-order valence-electron chi connectivity index (χ2n) is 13.1. The van der Waals surface area contributed by atoms with E-state index in [1.165, 1.54) is 58.5 Å². The van der Waals surface area contributed by atoms with Gasteiger partial charge in [0.1, 0.15) is 0 Å². The van der Waals surface area contributed by atoms with Gasteiger partial charge in [-0.3, -0.25) is 14.7 Å². The van der Waals surface area contributed by atoms with Gasteiger partial charge in [0.15, 0.2) is 0 Å². The maximum atomic E-state index is 5.23. The highest BCUT2D eigenvalue weighted by molar-refractivity contribution is 4.68. The highest BCUT2D eigenvalue weighted by Gasteiger charge is 2.13. The van der Waals surface area contributed by atoms with Crippen molar-refractivity contribution in [2.75, 3.05) is 214 Å². The summed E-state index contributed by atoms with van der Waals surface area (Å²) in [6, 6.07) is 0. The highest BCUT2D eigenvalue weighted by atomic mass is 16.5. The first-order chi connectivity index (χ1) is 23.9. The van der Waals surface area contributed by atoms with Crippen LogP contribution in [0.2, 0.25) is 0 Å². The normalized spacial score (nSPS) is 19.8. The molecular formula is C36H80N6O7. The minimum absolute atomic E-state index is 0.826. The minimum Gasteiger partial charge on any atom is -0.385 e. The first-order valence-electron chi connectivity index (χ1n) is 18.7. The van der Waals surface area contributed by atoms with E-state index >= 15 is 0 Å². The van der Waals surface area contributed by atoms with Gasteiger partial charge in [-0.05, 0) is 53.5 Å². The van der Waals surface area contributed by atoms with Gasteiger partial charge in [0.05, 0.1) is 52.9 Å². The van der Waals surface area contributed by atoms with Crippen molar-refractivity contribution in [3.05, 3.63) is 0 Å². The van der Waals surface area contributed by atoms with Gasteiger partial charge < -0.3 is 47.9 Å². The van der Waals surface area contributed by atoms with Crippen molar-refractivity contribution in [1.29, 1.82) is 0 Å². The highest BCUT2D eigenvalue weighted by Crippen LogP contribution is 2.07. The summed E-state index contributed by atoms with van der Waals surface area (Å²) in [7, 11) is 15.0. The smallest absolute Gasteiger partial charge is 0.0594 e. The zero-order valence-electron chi connectivity index (χ0n) is 33.3. The molecule has 0 aromatic heterocycles. The first-order valence-corrected chi connectivity index (χ1v) is 18.7. The minimum atomic E-state index is 0.826. The molecule has 0 saturated carbocycles. The second-order valence-corrected chi connectivity index (χ2v) is 13.1. The summed E-state index contributed by atoms with van der Waals surface area (Å²) in [5, 5.41) is 0. The fraction of sp³-hybridized carbons (Fsp3) is 1.00. The molecule has 0 amide bonds. The van der Waals surface area contributed by atoms with Crippen LogP contribution in [-0.2, 0) is 33.2 Å². The molecule has 0 aromatic carbocycles. The van der Waals surface area contributed by atoms with Gasteiger partial charge in [-0.2, -0.15) is 0 Å². The molecule has 0 aromatic rings. The second kappa shape index (κ2) is 37.2. The van der Waals surface area contributed by atoms with Crippen molar-refractivity contribution in [2.45, 2.75) is 25.7 Å². The molecule has 0 bridgehead atoms.